The van der Waals surface area contributed by atoms with Crippen LogP contribution >= 0.6 is 23.4 Å². The number of hydrogen-bond acceptors (Lipinski definition) is 5. The molecule has 0 bridgehead atoms. The van der Waals surface area contributed by atoms with Crippen molar-refractivity contribution in [2.75, 3.05) is 6.61 Å². The number of cyclic esters (lactones) is 1. The van der Waals surface area contributed by atoms with Gasteiger partial charge in [-0.3, -0.25) is 9.36 Å². The van der Waals surface area contributed by atoms with Gasteiger partial charge in [-0.15, -0.1) is 10.2 Å². The van der Waals surface area contributed by atoms with Gasteiger partial charge in [-0.2, -0.15) is 0 Å². The molecule has 5 nitrogen and oxygen atoms in total. The van der Waals surface area contributed by atoms with Crippen molar-refractivity contribution >= 4 is 29.3 Å². The number of nitrogens with zero attached hydrogens (tertiary/aromatic N) is 3. The lowest BCUT2D eigenvalue weighted by molar-refractivity contribution is -0.137. The average molecular weight is 390 g/mol. The highest BCUT2D eigenvalue weighted by atomic mass is 35.5. The number of hydrogen-bond donors (Lipinski definition) is 0. The maximum absolute atomic E-state index is 14.5. The van der Waals surface area contributed by atoms with Crippen LogP contribution in [0.25, 0.3) is 17.1 Å². The number of carbonyl (C=O) groups excluding carboxylic acids is 1. The SMILES string of the molecule is O=C1OCC[C@H]1Sc1nnc(-c2ccccc2Cl)n1-c1ccccc1F. The van der Waals surface area contributed by atoms with Crippen LogP contribution < -0.4 is 0 Å². The van der Waals surface area contributed by atoms with E-state index in [1.807, 2.05) is 6.07 Å². The molecule has 0 radical (unpaired) electrons. The van der Waals surface area contributed by atoms with Crippen LogP contribution in [-0.4, -0.2) is 32.6 Å². The minimum Gasteiger partial charge on any atom is -0.465 e. The van der Waals surface area contributed by atoms with E-state index in [1.165, 1.54) is 17.8 Å². The van der Waals surface area contributed by atoms with Crippen LogP contribution in [-0.2, 0) is 9.53 Å². The van der Waals surface area contributed by atoms with Gasteiger partial charge >= 0.3 is 5.97 Å². The first-order chi connectivity index (χ1) is 12.6. The number of esters is 1. The number of halogens is 2. The predicted octanol–water partition coefficient (Wildman–Crippen LogP) is 4.13. The fourth-order valence-corrected chi connectivity index (χ4v) is 3.96. The van der Waals surface area contributed by atoms with E-state index < -0.39 is 5.82 Å². The van der Waals surface area contributed by atoms with E-state index in [0.29, 0.717) is 40.3 Å². The molecule has 4 rings (SSSR count). The van der Waals surface area contributed by atoms with Gasteiger partial charge in [-0.25, -0.2) is 4.39 Å². The third-order valence-corrected chi connectivity index (χ3v) is 5.49. The molecule has 2 heterocycles. The Labute approximate surface area is 158 Å². The number of aromatic nitrogens is 3. The fourth-order valence-electron chi connectivity index (χ4n) is 2.73. The number of benzene rings is 2. The Morgan fingerprint density at radius 1 is 1.15 bits per heavy atom. The molecule has 0 aliphatic carbocycles. The summed E-state index contributed by atoms with van der Waals surface area (Å²) in [6, 6.07) is 13.5. The van der Waals surface area contributed by atoms with Crippen molar-refractivity contribution in [3.63, 3.8) is 0 Å². The smallest absolute Gasteiger partial charge is 0.319 e. The third-order valence-electron chi connectivity index (χ3n) is 3.98. The zero-order chi connectivity index (χ0) is 18.1. The van der Waals surface area contributed by atoms with Gasteiger partial charge in [0.1, 0.15) is 11.1 Å². The summed E-state index contributed by atoms with van der Waals surface area (Å²) in [5.41, 5.74) is 0.923. The zero-order valence-electron chi connectivity index (χ0n) is 13.4. The highest BCUT2D eigenvalue weighted by Gasteiger charge is 2.31. The Bertz CT molecular complexity index is 979. The fraction of sp³-hybridized carbons (Fsp3) is 0.167. The van der Waals surface area contributed by atoms with E-state index in [1.54, 1.807) is 41.0 Å². The molecule has 0 unspecified atom stereocenters. The van der Waals surface area contributed by atoms with Crippen molar-refractivity contribution in [2.45, 2.75) is 16.8 Å². The number of thioether (sulfide) groups is 1. The summed E-state index contributed by atoms with van der Waals surface area (Å²) in [5.74, 6) is -0.302. The van der Waals surface area contributed by atoms with E-state index in [2.05, 4.69) is 10.2 Å². The van der Waals surface area contributed by atoms with Crippen molar-refractivity contribution in [2.24, 2.45) is 0 Å². The van der Waals surface area contributed by atoms with Gasteiger partial charge in [0.2, 0.25) is 0 Å². The quantitative estimate of drug-likeness (QED) is 0.628. The summed E-state index contributed by atoms with van der Waals surface area (Å²) >= 11 is 7.52. The molecule has 2 aromatic carbocycles. The molecule has 1 saturated heterocycles. The lowest BCUT2D eigenvalue weighted by atomic mass is 10.2. The molecule has 26 heavy (non-hydrogen) atoms. The van der Waals surface area contributed by atoms with Crippen LogP contribution in [0.4, 0.5) is 4.39 Å². The van der Waals surface area contributed by atoms with E-state index in [4.69, 9.17) is 16.3 Å². The molecule has 1 aliphatic rings. The number of para-hydroxylation sites is 1. The first kappa shape index (κ1) is 17.1. The normalized spacial score (nSPS) is 16.7. The molecule has 132 valence electrons. The number of rotatable bonds is 4. The van der Waals surface area contributed by atoms with Crippen LogP contribution in [0.1, 0.15) is 6.42 Å². The highest BCUT2D eigenvalue weighted by molar-refractivity contribution is 8.00. The van der Waals surface area contributed by atoms with Crippen molar-refractivity contribution in [3.8, 4) is 17.1 Å². The van der Waals surface area contributed by atoms with E-state index in [9.17, 15) is 9.18 Å². The van der Waals surface area contributed by atoms with Gasteiger partial charge in [0.05, 0.1) is 17.3 Å². The molecule has 3 aromatic rings. The maximum atomic E-state index is 14.5. The molecular formula is C18H13ClFN3O2S. The molecule has 0 saturated carbocycles. The van der Waals surface area contributed by atoms with Gasteiger partial charge in [0, 0.05) is 12.0 Å². The lowest BCUT2D eigenvalue weighted by Gasteiger charge is -2.13. The predicted molar refractivity (Wildman–Crippen MR) is 97.0 cm³/mol. The standard InChI is InChI=1S/C18H13ClFN3O2S/c19-12-6-2-1-5-11(12)16-21-22-18(26-15-9-10-25-17(15)24)23(16)14-8-4-3-7-13(14)20/h1-8,15H,9-10H2/t15-/m1/s1. The molecule has 1 aromatic heterocycles. The van der Waals surface area contributed by atoms with E-state index in [-0.39, 0.29) is 11.2 Å². The summed E-state index contributed by atoms with van der Waals surface area (Å²) in [5, 5.41) is 8.92. The van der Waals surface area contributed by atoms with Crippen LogP contribution in [0.3, 0.4) is 0 Å². The van der Waals surface area contributed by atoms with Gasteiger partial charge in [-0.05, 0) is 24.3 Å². The minimum absolute atomic E-state index is 0.293. The second-order valence-electron chi connectivity index (χ2n) is 5.64. The molecule has 1 atom stereocenters. The number of carbonyl (C=O) groups is 1. The summed E-state index contributed by atoms with van der Waals surface area (Å²) in [6.07, 6.45) is 0.578. The van der Waals surface area contributed by atoms with Gasteiger partial charge < -0.3 is 4.74 Å². The molecule has 8 heteroatoms. The molecule has 1 fully saturated rings. The molecular weight excluding hydrogens is 377 g/mol. The Hall–Kier alpha value is -2.38. The van der Waals surface area contributed by atoms with Crippen molar-refractivity contribution < 1.29 is 13.9 Å². The van der Waals surface area contributed by atoms with Crippen LogP contribution in [0.15, 0.2) is 53.7 Å². The van der Waals surface area contributed by atoms with Crippen LogP contribution in [0.5, 0.6) is 0 Å². The summed E-state index contributed by atoms with van der Waals surface area (Å²) < 4.78 is 21.1. The molecule has 0 N–H and O–H groups in total. The van der Waals surface area contributed by atoms with Crippen LogP contribution in [0, 0.1) is 5.82 Å². The first-order valence-corrected chi connectivity index (χ1v) is 9.19. The second-order valence-corrected chi connectivity index (χ2v) is 7.21. The average Bonchev–Trinajstić information content (AvgIpc) is 3.23. The Balaban J connectivity index is 1.86. The Morgan fingerprint density at radius 3 is 2.65 bits per heavy atom. The Kier molecular flexibility index (Phi) is 4.65. The topological polar surface area (TPSA) is 57.0 Å². The van der Waals surface area contributed by atoms with Crippen molar-refractivity contribution in [1.29, 1.82) is 0 Å². The van der Waals surface area contributed by atoms with Crippen molar-refractivity contribution in [3.05, 3.63) is 59.4 Å². The maximum Gasteiger partial charge on any atom is 0.319 e. The minimum atomic E-state index is -0.420. The number of ether oxygens (including phenoxy) is 1. The highest BCUT2D eigenvalue weighted by Crippen LogP contribution is 2.35. The molecule has 0 spiro atoms. The van der Waals surface area contributed by atoms with Crippen LogP contribution in [0.2, 0.25) is 5.02 Å². The summed E-state index contributed by atoms with van der Waals surface area (Å²) in [4.78, 5) is 11.8. The van der Waals surface area contributed by atoms with Gasteiger partial charge in [-0.1, -0.05) is 47.6 Å². The zero-order valence-corrected chi connectivity index (χ0v) is 15.0. The first-order valence-electron chi connectivity index (χ1n) is 7.93. The molecule has 1 aliphatic heterocycles. The molecule has 0 amide bonds. The van der Waals surface area contributed by atoms with E-state index in [0.717, 1.165) is 0 Å². The third kappa shape index (κ3) is 3.08. The van der Waals surface area contributed by atoms with Gasteiger partial charge in [0.25, 0.3) is 0 Å². The van der Waals surface area contributed by atoms with E-state index >= 15 is 0 Å². The second kappa shape index (κ2) is 7.09. The monoisotopic (exact) mass is 389 g/mol. The Morgan fingerprint density at radius 2 is 1.92 bits per heavy atom. The van der Waals surface area contributed by atoms with Gasteiger partial charge in [0.15, 0.2) is 11.0 Å². The summed E-state index contributed by atoms with van der Waals surface area (Å²) in [6.45, 7) is 0.377. The largest absolute Gasteiger partial charge is 0.465 e. The summed E-state index contributed by atoms with van der Waals surface area (Å²) in [7, 11) is 0. The van der Waals surface area contributed by atoms with Crippen molar-refractivity contribution in [1.82, 2.24) is 14.8 Å². The lowest BCUT2D eigenvalue weighted by Crippen LogP contribution is -2.11.